The van der Waals surface area contributed by atoms with Crippen molar-refractivity contribution >= 4 is 80.5 Å². The lowest BCUT2D eigenvalue weighted by Gasteiger charge is -2.92. The normalized spacial score (nSPS) is 32.1. The second kappa shape index (κ2) is 8.59. The van der Waals surface area contributed by atoms with E-state index < -0.39 is 70.1 Å². The minimum atomic E-state index is -1.67. The number of rotatable bonds is 4. The summed E-state index contributed by atoms with van der Waals surface area (Å²) in [4.78, 5) is 0. The van der Waals surface area contributed by atoms with Gasteiger partial charge in [0.25, 0.3) is 0 Å². The van der Waals surface area contributed by atoms with Crippen LogP contribution in [0.3, 0.4) is 0 Å². The highest BCUT2D eigenvalue weighted by molar-refractivity contribution is 8.46. The van der Waals surface area contributed by atoms with Gasteiger partial charge in [-0.3, -0.25) is 0 Å². The molecule has 5 rings (SSSR count). The lowest BCUT2D eigenvalue weighted by Crippen LogP contribution is -3.25. The molecule has 0 atom stereocenters. The molecule has 0 aromatic heterocycles. The molecule has 38 heavy (non-hydrogen) atoms. The average Bonchev–Trinajstić information content (AvgIpc) is 2.77. The van der Waals surface area contributed by atoms with Crippen LogP contribution in [0.1, 0.15) is 0 Å². The first-order valence-corrected chi connectivity index (χ1v) is 54.1. The van der Waals surface area contributed by atoms with Crippen molar-refractivity contribution in [1.82, 2.24) is 0 Å². The van der Waals surface area contributed by atoms with Crippen LogP contribution in [0.25, 0.3) is 0 Å². The Balaban J connectivity index is 2.31. The Kier molecular flexibility index (Phi) is 7.13. The van der Waals surface area contributed by atoms with Crippen LogP contribution in [0.5, 0.6) is 0 Å². The Morgan fingerprint density at radius 3 is 0.711 bits per heavy atom. The number of hydrogen-bond donors (Lipinski definition) is 0. The van der Waals surface area contributed by atoms with Gasteiger partial charge in [0, 0.05) is 54.9 Å². The van der Waals surface area contributed by atoms with Crippen molar-refractivity contribution in [1.29, 1.82) is 0 Å². The maximum absolute atomic E-state index is 3.12. The third kappa shape index (κ3) is 2.85. The van der Waals surface area contributed by atoms with Crippen molar-refractivity contribution in [3.8, 4) is 0 Å². The largest absolute Gasteiger partial charge is 0.0739 e. The van der Waals surface area contributed by atoms with Crippen molar-refractivity contribution in [3.63, 3.8) is 0 Å². The van der Waals surface area contributed by atoms with Crippen LogP contribution in [-0.2, 0) is 0 Å². The number of hydrogen-bond acceptors (Lipinski definition) is 0. The summed E-state index contributed by atoms with van der Waals surface area (Å²) in [6, 6.07) is 24.7. The zero-order chi connectivity index (χ0) is 29.2. The molecule has 3 saturated heterocycles. The molecule has 0 amide bonds. The fourth-order valence-electron chi connectivity index (χ4n) is 14.3. The summed E-state index contributed by atoms with van der Waals surface area (Å²) in [5.41, 5.74) is 0. The standard InChI is InChI=1S/C28H58Si10/c1-29(2,27-23-19-17-20-24-27)37-31(5,6)34(11,12)38(35(13,14)32(37,7)8,36(15,16)33(37,9)10)30(3,4)28-25-21-18-22-26-28/h17-26H,1-16H3. The van der Waals surface area contributed by atoms with Gasteiger partial charge in [-0.25, -0.2) is 0 Å². The van der Waals surface area contributed by atoms with Gasteiger partial charge in [-0.05, 0) is 0 Å². The van der Waals surface area contributed by atoms with Crippen molar-refractivity contribution in [2.24, 2.45) is 0 Å². The van der Waals surface area contributed by atoms with Crippen LogP contribution in [0.15, 0.2) is 60.7 Å². The second-order valence-electron chi connectivity index (χ2n) is 17.2. The van der Waals surface area contributed by atoms with Gasteiger partial charge in [-0.2, -0.15) is 0 Å². The zero-order valence-electron chi connectivity index (χ0n) is 27.8. The molecule has 210 valence electrons. The van der Waals surface area contributed by atoms with Crippen LogP contribution >= 0.6 is 0 Å². The molecule has 10 heteroatoms. The second-order valence-corrected chi connectivity index (χ2v) is 145. The summed E-state index contributed by atoms with van der Waals surface area (Å²) in [5, 5.41) is 3.73. The van der Waals surface area contributed by atoms with Gasteiger partial charge in [0.15, 0.2) is 0 Å². The van der Waals surface area contributed by atoms with E-state index in [1.807, 2.05) is 10.4 Å². The lowest BCUT2D eigenvalue weighted by molar-refractivity contribution is 1.70. The van der Waals surface area contributed by atoms with E-state index in [-0.39, 0.29) is 0 Å². The van der Waals surface area contributed by atoms with Gasteiger partial charge >= 0.3 is 0 Å². The fraction of sp³-hybridized carbons (Fsp3) is 0.571. The molecule has 2 aromatic rings. The van der Waals surface area contributed by atoms with Crippen LogP contribution in [0, 0.1) is 0 Å². The predicted octanol–water partition coefficient (Wildman–Crippen LogP) is 7.26. The van der Waals surface area contributed by atoms with Crippen molar-refractivity contribution < 1.29 is 0 Å². The van der Waals surface area contributed by atoms with E-state index in [1.54, 1.807) is 0 Å². The Morgan fingerprint density at radius 1 is 0.342 bits per heavy atom. The van der Waals surface area contributed by atoms with Gasteiger partial charge in [-0.15, -0.1) is 0 Å². The van der Waals surface area contributed by atoms with E-state index in [2.05, 4.69) is 165 Å². The quantitative estimate of drug-likeness (QED) is 0.300. The molecular weight excluding hydrogens is 617 g/mol. The summed E-state index contributed by atoms with van der Waals surface area (Å²) < 4.78 is 0. The lowest BCUT2D eigenvalue weighted by atomic mass is 10.4. The Labute approximate surface area is 244 Å². The van der Waals surface area contributed by atoms with Crippen LogP contribution in [-0.4, -0.2) is 70.1 Å². The van der Waals surface area contributed by atoms with Crippen LogP contribution in [0.4, 0.5) is 0 Å². The highest BCUT2D eigenvalue weighted by atomic mass is 30.6. The Bertz CT molecular complexity index is 1060. The van der Waals surface area contributed by atoms with E-state index in [0.717, 1.165) is 0 Å². The summed E-state index contributed by atoms with van der Waals surface area (Å²) in [6.07, 6.45) is -3.15. The molecule has 2 aromatic carbocycles. The van der Waals surface area contributed by atoms with Crippen molar-refractivity contribution in [2.45, 2.75) is 105 Å². The molecule has 0 spiro atoms. The van der Waals surface area contributed by atoms with Gasteiger partial charge < -0.3 is 0 Å². The summed E-state index contributed by atoms with van der Waals surface area (Å²) >= 11 is 0. The number of benzene rings is 2. The predicted molar refractivity (Wildman–Crippen MR) is 204 cm³/mol. The number of fused-ring (bicyclic) bond motifs is 3. The van der Waals surface area contributed by atoms with E-state index in [1.165, 1.54) is 0 Å². The smallest absolute Gasteiger partial charge is 0.0664 e. The Hall–Kier alpha value is 0.609. The minimum absolute atomic E-state index is 1.50. The molecule has 0 nitrogen and oxygen atoms in total. The molecule has 0 unspecified atom stereocenters. The maximum atomic E-state index is 3.12. The molecule has 0 N–H and O–H groups in total. The van der Waals surface area contributed by atoms with Crippen LogP contribution < -0.4 is 10.4 Å². The molecule has 3 aliphatic heterocycles. The molecule has 3 fully saturated rings. The Morgan fingerprint density at radius 2 is 0.526 bits per heavy atom. The molecule has 0 saturated carbocycles. The van der Waals surface area contributed by atoms with Gasteiger partial charge in [0.2, 0.25) is 0 Å². The first-order chi connectivity index (χ1) is 17.0. The van der Waals surface area contributed by atoms with Crippen molar-refractivity contribution in [3.05, 3.63) is 60.7 Å². The molecular formula is C28H58Si10. The molecule has 0 aliphatic carbocycles. The highest BCUT2D eigenvalue weighted by Crippen LogP contribution is 2.67. The van der Waals surface area contributed by atoms with Crippen molar-refractivity contribution in [2.75, 3.05) is 0 Å². The van der Waals surface area contributed by atoms with Gasteiger partial charge in [0.05, 0.1) is 15.2 Å². The van der Waals surface area contributed by atoms with E-state index >= 15 is 0 Å². The first-order valence-electron chi connectivity index (χ1n) is 15.1. The molecule has 3 aliphatic rings. The van der Waals surface area contributed by atoms with Crippen LogP contribution in [0.2, 0.25) is 105 Å². The van der Waals surface area contributed by atoms with E-state index in [4.69, 9.17) is 0 Å². The monoisotopic (exact) mass is 674 g/mol. The zero-order valence-corrected chi connectivity index (χ0v) is 37.8. The minimum Gasteiger partial charge on any atom is -0.0739 e. The fourth-order valence-corrected chi connectivity index (χ4v) is 761. The average molecular weight is 676 g/mol. The van der Waals surface area contributed by atoms with E-state index in [0.29, 0.717) is 0 Å². The molecule has 2 bridgehead atoms. The molecule has 3 heterocycles. The van der Waals surface area contributed by atoms with E-state index in [9.17, 15) is 0 Å². The summed E-state index contributed by atoms with van der Waals surface area (Å²) in [5.74, 6) is 0. The SMILES string of the molecule is C[Si](C)(c1ccccc1)[Si]12[Si](C)(C)[Si](C)(C)[Si]([Si](C)(C)c3ccccc3)([Si](C)(C)[Si]1(C)C)[Si](C)(C)[Si]2(C)C. The summed E-state index contributed by atoms with van der Waals surface area (Å²) in [7, 11) is -12.3. The first kappa shape index (κ1) is 31.5. The maximum Gasteiger partial charge on any atom is 0.0664 e. The van der Waals surface area contributed by atoms with Gasteiger partial charge in [-0.1, -0.05) is 176 Å². The molecule has 0 radical (unpaired) electrons. The highest BCUT2D eigenvalue weighted by Gasteiger charge is 2.97. The third-order valence-corrected chi connectivity index (χ3v) is 354. The summed E-state index contributed by atoms with van der Waals surface area (Å²) in [6.45, 7) is 49.4. The topological polar surface area (TPSA) is 0 Å². The third-order valence-electron chi connectivity index (χ3n) is 15.2. The van der Waals surface area contributed by atoms with Gasteiger partial charge in [0.1, 0.15) is 0 Å².